The predicted octanol–water partition coefficient (Wildman–Crippen LogP) is 3.13. The van der Waals surface area contributed by atoms with Gasteiger partial charge < -0.3 is 9.80 Å². The van der Waals surface area contributed by atoms with E-state index in [0.717, 1.165) is 25.1 Å². The number of piperazine rings is 1. The van der Waals surface area contributed by atoms with Gasteiger partial charge in [0.05, 0.1) is 12.2 Å². The van der Waals surface area contributed by atoms with Crippen molar-refractivity contribution in [2.24, 2.45) is 0 Å². The third-order valence-electron chi connectivity index (χ3n) is 5.84. The lowest BCUT2D eigenvalue weighted by atomic mass is 10.0. The molecule has 6 heteroatoms. The zero-order chi connectivity index (χ0) is 20.4. The molecule has 2 aromatic rings. The van der Waals surface area contributed by atoms with E-state index in [4.69, 9.17) is 0 Å². The highest BCUT2D eigenvalue weighted by atomic mass is 19.1. The van der Waals surface area contributed by atoms with Gasteiger partial charge >= 0.3 is 0 Å². The molecule has 5 nitrogen and oxygen atoms in total. The van der Waals surface area contributed by atoms with E-state index in [-0.39, 0.29) is 17.5 Å². The minimum absolute atomic E-state index is 0.127. The number of halogens is 1. The Labute approximate surface area is 170 Å². The first-order valence-corrected chi connectivity index (χ1v) is 10.2. The quantitative estimate of drug-likeness (QED) is 0.746. The second-order valence-corrected chi connectivity index (χ2v) is 7.76. The average molecular weight is 395 g/mol. The topological polar surface area (TPSA) is 43.9 Å². The van der Waals surface area contributed by atoms with Crippen molar-refractivity contribution in [1.82, 2.24) is 4.90 Å². The molecule has 2 aliphatic rings. The number of hydrogen-bond donors (Lipinski definition) is 0. The summed E-state index contributed by atoms with van der Waals surface area (Å²) in [5.41, 5.74) is 3.18. The fourth-order valence-corrected chi connectivity index (χ4v) is 4.20. The van der Waals surface area contributed by atoms with Crippen LogP contribution in [0.25, 0.3) is 0 Å². The van der Waals surface area contributed by atoms with Gasteiger partial charge in [-0.1, -0.05) is 18.2 Å². The number of amides is 1. The van der Waals surface area contributed by atoms with Gasteiger partial charge in [-0.25, -0.2) is 4.39 Å². The minimum Gasteiger partial charge on any atom is -0.367 e. The largest absolute Gasteiger partial charge is 0.367 e. The fourth-order valence-electron chi connectivity index (χ4n) is 4.20. The van der Waals surface area contributed by atoms with Gasteiger partial charge in [0, 0.05) is 44.0 Å². The van der Waals surface area contributed by atoms with Crippen LogP contribution in [-0.4, -0.2) is 55.9 Å². The summed E-state index contributed by atoms with van der Waals surface area (Å²) in [7, 11) is 0. The smallest absolute Gasteiger partial charge is 0.241 e. The van der Waals surface area contributed by atoms with Crippen molar-refractivity contribution >= 4 is 23.1 Å². The number of anilines is 2. The summed E-state index contributed by atoms with van der Waals surface area (Å²) < 4.78 is 14.4. The van der Waals surface area contributed by atoms with Crippen molar-refractivity contribution in [3.8, 4) is 0 Å². The zero-order valence-corrected chi connectivity index (χ0v) is 16.7. The van der Waals surface area contributed by atoms with Gasteiger partial charge in [0.1, 0.15) is 5.82 Å². The van der Waals surface area contributed by atoms with Crippen LogP contribution < -0.4 is 9.80 Å². The van der Waals surface area contributed by atoms with Crippen molar-refractivity contribution in [1.29, 1.82) is 0 Å². The Balaban J connectivity index is 1.36. The molecule has 29 heavy (non-hydrogen) atoms. The molecule has 152 valence electrons. The number of Topliss-reactive ketones (excluding diaryl/α,β-unsaturated/α-hetero) is 1. The molecular weight excluding hydrogens is 369 g/mol. The maximum Gasteiger partial charge on any atom is 0.241 e. The van der Waals surface area contributed by atoms with E-state index in [0.29, 0.717) is 44.0 Å². The number of para-hydroxylation sites is 1. The second-order valence-electron chi connectivity index (χ2n) is 7.76. The third kappa shape index (κ3) is 4.17. The molecule has 2 heterocycles. The van der Waals surface area contributed by atoms with Gasteiger partial charge in [-0.2, -0.15) is 0 Å². The molecule has 1 amide bonds. The summed E-state index contributed by atoms with van der Waals surface area (Å²) in [6.45, 7) is 5.30. The lowest BCUT2D eigenvalue weighted by Gasteiger charge is -2.37. The SMILES string of the molecule is CC(=O)c1ccc(N2CCN(CC(=O)N3CCCc4ccccc43)CC2)c(F)c1. The lowest BCUT2D eigenvalue weighted by molar-refractivity contribution is -0.119. The van der Waals surface area contributed by atoms with E-state index < -0.39 is 0 Å². The Morgan fingerprint density at radius 1 is 0.966 bits per heavy atom. The first kappa shape index (κ1) is 19.6. The molecule has 0 atom stereocenters. The van der Waals surface area contributed by atoms with Crippen molar-refractivity contribution < 1.29 is 14.0 Å². The normalized spacial score (nSPS) is 17.2. The van der Waals surface area contributed by atoms with E-state index in [1.54, 1.807) is 12.1 Å². The molecule has 0 bridgehead atoms. The van der Waals surface area contributed by atoms with Crippen LogP contribution >= 0.6 is 0 Å². The van der Waals surface area contributed by atoms with Gasteiger partial charge in [0.15, 0.2) is 5.78 Å². The van der Waals surface area contributed by atoms with Crippen LogP contribution in [0.3, 0.4) is 0 Å². The molecule has 0 aromatic heterocycles. The molecule has 0 aliphatic carbocycles. The van der Waals surface area contributed by atoms with Crippen molar-refractivity contribution in [2.45, 2.75) is 19.8 Å². The van der Waals surface area contributed by atoms with Crippen molar-refractivity contribution in [3.63, 3.8) is 0 Å². The molecule has 2 aliphatic heterocycles. The molecule has 2 aromatic carbocycles. The maximum atomic E-state index is 14.4. The number of carbonyl (C=O) groups is 2. The van der Waals surface area contributed by atoms with Crippen LogP contribution in [0.5, 0.6) is 0 Å². The number of rotatable bonds is 4. The molecular formula is C23H26FN3O2. The zero-order valence-electron chi connectivity index (χ0n) is 16.7. The lowest BCUT2D eigenvalue weighted by Crippen LogP contribution is -2.51. The van der Waals surface area contributed by atoms with E-state index in [1.807, 2.05) is 28.0 Å². The van der Waals surface area contributed by atoms with Crippen LogP contribution in [0.2, 0.25) is 0 Å². The Bertz CT molecular complexity index is 922. The van der Waals surface area contributed by atoms with Crippen LogP contribution in [0.15, 0.2) is 42.5 Å². The number of nitrogens with zero attached hydrogens (tertiary/aromatic N) is 3. The molecule has 0 unspecified atom stereocenters. The first-order valence-electron chi connectivity index (χ1n) is 10.2. The standard InChI is InChI=1S/C23H26FN3O2/c1-17(28)19-8-9-22(20(24)15-19)26-13-11-25(12-14-26)16-23(29)27-10-4-6-18-5-2-3-7-21(18)27/h2-3,5,7-9,15H,4,6,10-14,16H2,1H3. The van der Waals surface area contributed by atoms with Crippen LogP contribution in [0, 0.1) is 5.82 Å². The first-order chi connectivity index (χ1) is 14.0. The van der Waals surface area contributed by atoms with Crippen molar-refractivity contribution in [3.05, 3.63) is 59.4 Å². The van der Waals surface area contributed by atoms with Gasteiger partial charge in [0.25, 0.3) is 0 Å². The third-order valence-corrected chi connectivity index (χ3v) is 5.84. The molecule has 0 radical (unpaired) electrons. The maximum absolute atomic E-state index is 14.4. The number of hydrogen-bond acceptors (Lipinski definition) is 4. The molecule has 0 spiro atoms. The van der Waals surface area contributed by atoms with Crippen LogP contribution in [-0.2, 0) is 11.2 Å². The summed E-state index contributed by atoms with van der Waals surface area (Å²) in [4.78, 5) is 30.4. The summed E-state index contributed by atoms with van der Waals surface area (Å²) in [6, 6.07) is 12.8. The Morgan fingerprint density at radius 2 is 1.72 bits per heavy atom. The summed E-state index contributed by atoms with van der Waals surface area (Å²) in [5.74, 6) is -0.382. The number of fused-ring (bicyclic) bond motifs is 1. The number of carbonyl (C=O) groups excluding carboxylic acids is 2. The van der Waals surface area contributed by atoms with E-state index >= 15 is 0 Å². The van der Waals surface area contributed by atoms with Gasteiger partial charge in [-0.3, -0.25) is 14.5 Å². The predicted molar refractivity (Wildman–Crippen MR) is 112 cm³/mol. The van der Waals surface area contributed by atoms with Crippen molar-refractivity contribution in [2.75, 3.05) is 49.1 Å². The second kappa shape index (κ2) is 8.33. The van der Waals surface area contributed by atoms with Crippen LogP contribution in [0.1, 0.15) is 29.3 Å². The van der Waals surface area contributed by atoms with E-state index in [2.05, 4.69) is 11.0 Å². The fraction of sp³-hybridized carbons (Fsp3) is 0.391. The Kier molecular flexibility index (Phi) is 5.62. The average Bonchev–Trinajstić information content (AvgIpc) is 2.74. The molecule has 0 N–H and O–H groups in total. The Morgan fingerprint density at radius 3 is 2.45 bits per heavy atom. The number of aryl methyl sites for hydroxylation is 1. The highest BCUT2D eigenvalue weighted by Crippen LogP contribution is 2.27. The van der Waals surface area contributed by atoms with Gasteiger partial charge in [-0.15, -0.1) is 0 Å². The highest BCUT2D eigenvalue weighted by molar-refractivity contribution is 5.96. The number of ketones is 1. The molecule has 1 saturated heterocycles. The summed E-state index contributed by atoms with van der Waals surface area (Å²) >= 11 is 0. The van der Waals surface area contributed by atoms with E-state index in [9.17, 15) is 14.0 Å². The summed E-state index contributed by atoms with van der Waals surface area (Å²) in [6.07, 6.45) is 2.01. The minimum atomic E-state index is -0.368. The van der Waals surface area contributed by atoms with Gasteiger partial charge in [-0.05, 0) is 49.6 Å². The van der Waals surface area contributed by atoms with Crippen LogP contribution in [0.4, 0.5) is 15.8 Å². The molecule has 4 rings (SSSR count). The molecule has 0 saturated carbocycles. The Hall–Kier alpha value is -2.73. The summed E-state index contributed by atoms with van der Waals surface area (Å²) in [5, 5.41) is 0. The number of benzene rings is 2. The molecule has 1 fully saturated rings. The highest BCUT2D eigenvalue weighted by Gasteiger charge is 2.26. The van der Waals surface area contributed by atoms with Gasteiger partial charge in [0.2, 0.25) is 5.91 Å². The monoisotopic (exact) mass is 395 g/mol. The van der Waals surface area contributed by atoms with E-state index in [1.165, 1.54) is 18.6 Å².